The van der Waals surface area contributed by atoms with E-state index in [9.17, 15) is 14.7 Å². The molecule has 3 rings (SSSR count). The van der Waals surface area contributed by atoms with Crippen molar-refractivity contribution in [1.82, 2.24) is 14.3 Å². The molecule has 1 unspecified atom stereocenters. The molecule has 0 spiro atoms. The average Bonchev–Trinajstić information content (AvgIpc) is 3.17. The van der Waals surface area contributed by atoms with Crippen molar-refractivity contribution < 1.29 is 14.7 Å². The molecular formula is C22H30N4O3. The number of nitrogens with one attached hydrogen (secondary N) is 1. The number of fused-ring (bicyclic) bond motifs is 1. The highest BCUT2D eigenvalue weighted by atomic mass is 16.3. The van der Waals surface area contributed by atoms with Gasteiger partial charge in [-0.15, -0.1) is 0 Å². The van der Waals surface area contributed by atoms with Crippen molar-refractivity contribution >= 4 is 23.3 Å². The molecule has 2 aromatic heterocycles. The zero-order chi connectivity index (χ0) is 20.8. The van der Waals surface area contributed by atoms with Gasteiger partial charge in [0.1, 0.15) is 17.2 Å². The van der Waals surface area contributed by atoms with Crippen LogP contribution in [0.2, 0.25) is 0 Å². The lowest BCUT2D eigenvalue weighted by atomic mass is 9.98. The van der Waals surface area contributed by atoms with Crippen molar-refractivity contribution in [1.29, 1.82) is 0 Å². The highest BCUT2D eigenvalue weighted by Crippen LogP contribution is 2.20. The molecule has 1 aliphatic heterocycles. The van der Waals surface area contributed by atoms with E-state index in [1.807, 2.05) is 38.1 Å². The summed E-state index contributed by atoms with van der Waals surface area (Å²) in [6.07, 6.45) is 8.66. The minimum absolute atomic E-state index is 0.0536. The third-order valence-corrected chi connectivity index (χ3v) is 5.45. The summed E-state index contributed by atoms with van der Waals surface area (Å²) >= 11 is 0. The van der Waals surface area contributed by atoms with Crippen LogP contribution in [0.25, 0.3) is 5.65 Å². The zero-order valence-corrected chi connectivity index (χ0v) is 17.2. The minimum atomic E-state index is -0.109. The molecule has 0 aromatic carbocycles. The Labute approximate surface area is 171 Å². The van der Waals surface area contributed by atoms with Gasteiger partial charge in [-0.2, -0.15) is 0 Å². The summed E-state index contributed by atoms with van der Waals surface area (Å²) in [6, 6.07) is 5.45. The van der Waals surface area contributed by atoms with E-state index >= 15 is 0 Å². The Morgan fingerprint density at radius 3 is 2.79 bits per heavy atom. The van der Waals surface area contributed by atoms with Gasteiger partial charge in [0.15, 0.2) is 0 Å². The number of likely N-dealkylation sites (tertiary alicyclic amines) is 1. The molecular weight excluding hydrogens is 368 g/mol. The van der Waals surface area contributed by atoms with Crippen molar-refractivity contribution in [3.63, 3.8) is 0 Å². The van der Waals surface area contributed by atoms with Gasteiger partial charge in [-0.05, 0) is 50.2 Å². The third-order valence-electron chi connectivity index (χ3n) is 5.45. The highest BCUT2D eigenvalue weighted by molar-refractivity contribution is 5.94. The quantitative estimate of drug-likeness (QED) is 0.702. The van der Waals surface area contributed by atoms with Gasteiger partial charge in [-0.1, -0.05) is 25.1 Å². The van der Waals surface area contributed by atoms with Gasteiger partial charge in [0.05, 0.1) is 0 Å². The Balaban J connectivity index is 1.70. The van der Waals surface area contributed by atoms with Crippen molar-refractivity contribution in [3.8, 4) is 0 Å². The van der Waals surface area contributed by atoms with Crippen molar-refractivity contribution in [2.24, 2.45) is 11.8 Å². The van der Waals surface area contributed by atoms with Crippen LogP contribution in [0.1, 0.15) is 50.0 Å². The Morgan fingerprint density at radius 1 is 1.34 bits per heavy atom. The van der Waals surface area contributed by atoms with Crippen LogP contribution in [0, 0.1) is 11.8 Å². The predicted molar refractivity (Wildman–Crippen MR) is 113 cm³/mol. The summed E-state index contributed by atoms with van der Waals surface area (Å²) in [5.74, 6) is 0.977. The molecule has 1 atom stereocenters. The number of imidazole rings is 1. The first kappa shape index (κ1) is 21.0. The fraction of sp³-hybridized carbons (Fsp3) is 0.500. The number of hydrogen-bond acceptors (Lipinski definition) is 4. The summed E-state index contributed by atoms with van der Waals surface area (Å²) in [5.41, 5.74) is 0.994. The highest BCUT2D eigenvalue weighted by Gasteiger charge is 2.25. The Hall–Kier alpha value is -2.67. The molecule has 156 valence electrons. The van der Waals surface area contributed by atoms with Gasteiger partial charge in [0.25, 0.3) is 5.91 Å². The molecule has 7 nitrogen and oxygen atoms in total. The second-order valence-electron chi connectivity index (χ2n) is 7.85. The molecule has 2 aromatic rings. The van der Waals surface area contributed by atoms with Crippen LogP contribution in [0.5, 0.6) is 0 Å². The second kappa shape index (κ2) is 9.69. The van der Waals surface area contributed by atoms with Crippen LogP contribution in [0.15, 0.2) is 36.5 Å². The molecule has 0 aliphatic carbocycles. The number of hydrogen-bond donors (Lipinski definition) is 2. The van der Waals surface area contributed by atoms with Gasteiger partial charge in [0.2, 0.25) is 5.91 Å². The molecule has 0 bridgehead atoms. The van der Waals surface area contributed by atoms with Crippen LogP contribution < -0.4 is 5.32 Å². The van der Waals surface area contributed by atoms with Crippen LogP contribution >= 0.6 is 0 Å². The zero-order valence-electron chi connectivity index (χ0n) is 17.2. The SMILES string of the molecule is C/C=C\CC(C)CC(=O)Nc1cccc2nc(C(=O)N3CCC(CO)CC3)cn12. The first-order chi connectivity index (χ1) is 14.0. The molecule has 1 fully saturated rings. The maximum atomic E-state index is 12.8. The van der Waals surface area contributed by atoms with Crippen molar-refractivity contribution in [3.05, 3.63) is 42.2 Å². The first-order valence-electron chi connectivity index (χ1n) is 10.3. The normalized spacial score (nSPS) is 16.4. The lowest BCUT2D eigenvalue weighted by molar-refractivity contribution is -0.117. The number of aromatic nitrogens is 2. The molecule has 0 radical (unpaired) electrons. The van der Waals surface area contributed by atoms with Gasteiger partial charge in [0, 0.05) is 32.3 Å². The molecule has 29 heavy (non-hydrogen) atoms. The van der Waals surface area contributed by atoms with Crippen LogP contribution in [0.3, 0.4) is 0 Å². The fourth-order valence-corrected chi connectivity index (χ4v) is 3.66. The van der Waals surface area contributed by atoms with Gasteiger partial charge < -0.3 is 15.3 Å². The van der Waals surface area contributed by atoms with E-state index in [1.54, 1.807) is 15.5 Å². The molecule has 1 aliphatic rings. The van der Waals surface area contributed by atoms with E-state index in [2.05, 4.69) is 16.4 Å². The minimum Gasteiger partial charge on any atom is -0.396 e. The number of carbonyl (C=O) groups excluding carboxylic acids is 2. The number of allylic oxidation sites excluding steroid dienone is 2. The van der Waals surface area contributed by atoms with Gasteiger partial charge in [-0.3, -0.25) is 14.0 Å². The number of pyridine rings is 1. The molecule has 7 heteroatoms. The maximum absolute atomic E-state index is 12.8. The molecule has 3 heterocycles. The van der Waals surface area contributed by atoms with E-state index in [0.29, 0.717) is 36.7 Å². The van der Waals surface area contributed by atoms with E-state index in [4.69, 9.17) is 0 Å². The summed E-state index contributed by atoms with van der Waals surface area (Å²) in [7, 11) is 0. The van der Waals surface area contributed by atoms with Gasteiger partial charge >= 0.3 is 0 Å². The summed E-state index contributed by atoms with van der Waals surface area (Å²) < 4.78 is 1.75. The number of aliphatic hydroxyl groups excluding tert-OH is 1. The predicted octanol–water partition coefficient (Wildman–Crippen LogP) is 3.11. The Bertz CT molecular complexity index is 881. The number of amides is 2. The smallest absolute Gasteiger partial charge is 0.274 e. The summed E-state index contributed by atoms with van der Waals surface area (Å²) in [4.78, 5) is 31.5. The number of carbonyl (C=O) groups is 2. The van der Waals surface area contributed by atoms with Crippen molar-refractivity contribution in [2.75, 3.05) is 25.0 Å². The monoisotopic (exact) mass is 398 g/mol. The lowest BCUT2D eigenvalue weighted by Gasteiger charge is -2.30. The Morgan fingerprint density at radius 2 is 2.10 bits per heavy atom. The van der Waals surface area contributed by atoms with E-state index in [-0.39, 0.29) is 30.3 Å². The van der Waals surface area contributed by atoms with Crippen molar-refractivity contribution in [2.45, 2.75) is 39.5 Å². The average molecular weight is 399 g/mol. The topological polar surface area (TPSA) is 86.9 Å². The lowest BCUT2D eigenvalue weighted by Crippen LogP contribution is -2.39. The van der Waals surface area contributed by atoms with Crippen LogP contribution in [-0.2, 0) is 4.79 Å². The van der Waals surface area contributed by atoms with E-state index in [0.717, 1.165) is 19.3 Å². The summed E-state index contributed by atoms with van der Waals surface area (Å²) in [6.45, 7) is 5.46. The molecule has 1 saturated heterocycles. The molecule has 2 amide bonds. The van der Waals surface area contributed by atoms with Gasteiger partial charge in [-0.25, -0.2) is 4.98 Å². The number of anilines is 1. The first-order valence-corrected chi connectivity index (χ1v) is 10.3. The summed E-state index contributed by atoms with van der Waals surface area (Å²) in [5, 5.41) is 12.2. The largest absolute Gasteiger partial charge is 0.396 e. The number of piperidine rings is 1. The van der Waals surface area contributed by atoms with E-state index in [1.165, 1.54) is 0 Å². The fourth-order valence-electron chi connectivity index (χ4n) is 3.66. The second-order valence-corrected chi connectivity index (χ2v) is 7.85. The number of nitrogens with zero attached hydrogens (tertiary/aromatic N) is 3. The third kappa shape index (κ3) is 5.23. The van der Waals surface area contributed by atoms with Crippen LogP contribution in [0.4, 0.5) is 5.82 Å². The number of aliphatic hydroxyl groups is 1. The Kier molecular flexibility index (Phi) is 7.04. The maximum Gasteiger partial charge on any atom is 0.274 e. The van der Waals surface area contributed by atoms with E-state index < -0.39 is 0 Å². The molecule has 2 N–H and O–H groups in total. The molecule has 0 saturated carbocycles. The standard InChI is InChI=1S/C22H30N4O3/c1-3-4-6-16(2)13-21(28)24-20-8-5-7-19-23-18(14-26(19)20)22(29)25-11-9-17(15-27)10-12-25/h3-5,7-8,14,16-17,27H,6,9-13,15H2,1-2H3,(H,24,28)/b4-3-. The number of rotatable bonds is 7. The van der Waals surface area contributed by atoms with Crippen LogP contribution in [-0.4, -0.2) is 50.9 Å².